The summed E-state index contributed by atoms with van der Waals surface area (Å²) in [4.78, 5) is 21.2. The Bertz CT molecular complexity index is 490. The number of carbonyl (C=O) groups is 1. The van der Waals surface area contributed by atoms with Gasteiger partial charge in [0, 0.05) is 12.1 Å². The number of hydrogen-bond acceptors (Lipinski definition) is 4. The lowest BCUT2D eigenvalue weighted by molar-refractivity contribution is -0.384. The standard InChI is InChI=1S/C11H12N2O4/c1-7(2)5-11(15)12-9-4-3-8(13(16)17)6-10(9)14/h3-6,14H,1-2H3,(H,12,15). The molecular weight excluding hydrogens is 224 g/mol. The van der Waals surface area contributed by atoms with Gasteiger partial charge in [-0.2, -0.15) is 0 Å². The molecule has 0 atom stereocenters. The van der Waals surface area contributed by atoms with Crippen LogP contribution in [-0.4, -0.2) is 15.9 Å². The minimum atomic E-state index is -0.624. The maximum Gasteiger partial charge on any atom is 0.273 e. The SMILES string of the molecule is CC(C)=CC(=O)Nc1ccc([N+](=O)[O-])cc1O. The highest BCUT2D eigenvalue weighted by molar-refractivity contribution is 6.00. The third-order valence-electron chi connectivity index (χ3n) is 1.87. The molecule has 6 nitrogen and oxygen atoms in total. The number of benzene rings is 1. The highest BCUT2D eigenvalue weighted by Crippen LogP contribution is 2.27. The third-order valence-corrected chi connectivity index (χ3v) is 1.87. The molecule has 1 aromatic rings. The van der Waals surface area contributed by atoms with Crippen LogP contribution >= 0.6 is 0 Å². The average molecular weight is 236 g/mol. The summed E-state index contributed by atoms with van der Waals surface area (Å²) in [5, 5.41) is 22.3. The van der Waals surface area contributed by atoms with Crippen molar-refractivity contribution in [3.05, 3.63) is 40.0 Å². The zero-order valence-corrected chi connectivity index (χ0v) is 9.43. The fourth-order valence-electron chi connectivity index (χ4n) is 1.17. The molecular formula is C11H12N2O4. The molecule has 0 aliphatic heterocycles. The summed E-state index contributed by atoms with van der Waals surface area (Å²) in [6.45, 7) is 3.52. The summed E-state index contributed by atoms with van der Waals surface area (Å²) in [6.07, 6.45) is 1.36. The summed E-state index contributed by atoms with van der Waals surface area (Å²) in [6, 6.07) is 3.47. The second-order valence-electron chi connectivity index (χ2n) is 3.67. The van der Waals surface area contributed by atoms with Gasteiger partial charge in [0.1, 0.15) is 5.75 Å². The fourth-order valence-corrected chi connectivity index (χ4v) is 1.17. The first kappa shape index (κ1) is 12.7. The zero-order valence-electron chi connectivity index (χ0n) is 9.43. The number of nitrogens with zero attached hydrogens (tertiary/aromatic N) is 1. The molecule has 6 heteroatoms. The summed E-state index contributed by atoms with van der Waals surface area (Å²) in [7, 11) is 0. The molecule has 0 saturated carbocycles. The van der Waals surface area contributed by atoms with Crippen LogP contribution in [0.1, 0.15) is 13.8 Å². The van der Waals surface area contributed by atoms with E-state index in [1.165, 1.54) is 18.2 Å². The molecule has 0 aliphatic carbocycles. The maximum absolute atomic E-state index is 11.4. The molecule has 0 bridgehead atoms. The van der Waals surface area contributed by atoms with E-state index in [1.807, 2.05) is 0 Å². The molecule has 0 heterocycles. The number of amides is 1. The van der Waals surface area contributed by atoms with Gasteiger partial charge in [0.25, 0.3) is 5.69 Å². The van der Waals surface area contributed by atoms with E-state index in [-0.39, 0.29) is 17.1 Å². The maximum atomic E-state index is 11.4. The molecule has 1 rings (SSSR count). The Kier molecular flexibility index (Phi) is 3.82. The third kappa shape index (κ3) is 3.60. The molecule has 0 aromatic heterocycles. The van der Waals surface area contributed by atoms with Crippen molar-refractivity contribution in [1.82, 2.24) is 0 Å². The van der Waals surface area contributed by atoms with E-state index < -0.39 is 10.8 Å². The van der Waals surface area contributed by atoms with Gasteiger partial charge >= 0.3 is 0 Å². The first-order valence-electron chi connectivity index (χ1n) is 4.83. The van der Waals surface area contributed by atoms with Gasteiger partial charge in [-0.05, 0) is 19.9 Å². The lowest BCUT2D eigenvalue weighted by Crippen LogP contribution is -2.08. The van der Waals surface area contributed by atoms with Crippen molar-refractivity contribution in [1.29, 1.82) is 0 Å². The largest absolute Gasteiger partial charge is 0.506 e. The van der Waals surface area contributed by atoms with Gasteiger partial charge in [0.2, 0.25) is 5.91 Å². The van der Waals surface area contributed by atoms with Gasteiger partial charge in [0.05, 0.1) is 16.7 Å². The monoisotopic (exact) mass is 236 g/mol. The van der Waals surface area contributed by atoms with E-state index in [0.717, 1.165) is 11.6 Å². The van der Waals surface area contributed by atoms with Crippen molar-refractivity contribution < 1.29 is 14.8 Å². The normalized spacial score (nSPS) is 9.53. The first-order valence-corrected chi connectivity index (χ1v) is 4.83. The number of phenols is 1. The molecule has 0 aliphatic rings. The van der Waals surface area contributed by atoms with Crippen LogP contribution in [0, 0.1) is 10.1 Å². The minimum absolute atomic E-state index is 0.137. The van der Waals surface area contributed by atoms with Gasteiger partial charge in [0.15, 0.2) is 0 Å². The molecule has 1 amide bonds. The molecule has 0 fully saturated rings. The molecule has 1 aromatic carbocycles. The van der Waals surface area contributed by atoms with Gasteiger partial charge in [-0.25, -0.2) is 0 Å². The van der Waals surface area contributed by atoms with Crippen molar-refractivity contribution in [2.24, 2.45) is 0 Å². The molecule has 0 spiro atoms. The van der Waals surface area contributed by atoms with E-state index in [9.17, 15) is 20.0 Å². The second kappa shape index (κ2) is 5.11. The highest BCUT2D eigenvalue weighted by Gasteiger charge is 2.10. The number of rotatable bonds is 3. The Morgan fingerprint density at radius 1 is 1.47 bits per heavy atom. The molecule has 0 unspecified atom stereocenters. The Morgan fingerprint density at radius 3 is 2.59 bits per heavy atom. The lowest BCUT2D eigenvalue weighted by Gasteiger charge is -2.04. The van der Waals surface area contributed by atoms with Crippen LogP contribution in [0.15, 0.2) is 29.8 Å². The van der Waals surface area contributed by atoms with E-state index >= 15 is 0 Å². The van der Waals surface area contributed by atoms with Crippen molar-refractivity contribution in [3.63, 3.8) is 0 Å². The van der Waals surface area contributed by atoms with Crippen LogP contribution in [0.4, 0.5) is 11.4 Å². The van der Waals surface area contributed by atoms with Crippen LogP contribution in [0.2, 0.25) is 0 Å². The minimum Gasteiger partial charge on any atom is -0.506 e. The summed E-state index contributed by atoms with van der Waals surface area (Å²) < 4.78 is 0. The number of non-ortho nitro benzene ring substituents is 1. The number of hydrogen-bond donors (Lipinski definition) is 2. The highest BCUT2D eigenvalue weighted by atomic mass is 16.6. The molecule has 0 saturated heterocycles. The van der Waals surface area contributed by atoms with Gasteiger partial charge in [-0.15, -0.1) is 0 Å². The number of anilines is 1. The number of allylic oxidation sites excluding steroid dienone is 1. The van der Waals surface area contributed by atoms with E-state index in [0.29, 0.717) is 0 Å². The van der Waals surface area contributed by atoms with Crippen LogP contribution in [0.3, 0.4) is 0 Å². The molecule has 90 valence electrons. The number of nitro benzene ring substituents is 1. The second-order valence-corrected chi connectivity index (χ2v) is 3.67. The number of aromatic hydroxyl groups is 1. The molecule has 0 radical (unpaired) electrons. The van der Waals surface area contributed by atoms with E-state index in [2.05, 4.69) is 5.32 Å². The molecule has 2 N–H and O–H groups in total. The van der Waals surface area contributed by atoms with E-state index in [4.69, 9.17) is 0 Å². The predicted molar refractivity (Wildman–Crippen MR) is 62.8 cm³/mol. The predicted octanol–water partition coefficient (Wildman–Crippen LogP) is 2.21. The molecule has 17 heavy (non-hydrogen) atoms. The van der Waals surface area contributed by atoms with Crippen molar-refractivity contribution in [2.75, 3.05) is 5.32 Å². The number of nitrogens with one attached hydrogen (secondary N) is 1. The van der Waals surface area contributed by atoms with Gasteiger partial charge in [-0.1, -0.05) is 5.57 Å². The average Bonchev–Trinajstić information content (AvgIpc) is 2.19. The van der Waals surface area contributed by atoms with Gasteiger partial charge in [-0.3, -0.25) is 14.9 Å². The number of nitro groups is 1. The number of phenolic OH excluding ortho intramolecular Hbond substituents is 1. The topological polar surface area (TPSA) is 92.5 Å². The summed E-state index contributed by atoms with van der Waals surface area (Å²) >= 11 is 0. The number of carbonyl (C=O) groups excluding carboxylic acids is 1. The summed E-state index contributed by atoms with van der Waals surface area (Å²) in [5.41, 5.74) is 0.713. The smallest absolute Gasteiger partial charge is 0.273 e. The van der Waals surface area contributed by atoms with Crippen LogP contribution in [0.5, 0.6) is 5.75 Å². The van der Waals surface area contributed by atoms with Gasteiger partial charge < -0.3 is 10.4 Å². The van der Waals surface area contributed by atoms with Crippen LogP contribution < -0.4 is 5.32 Å². The Hall–Kier alpha value is -2.37. The van der Waals surface area contributed by atoms with Crippen LogP contribution in [-0.2, 0) is 4.79 Å². The Morgan fingerprint density at radius 2 is 2.12 bits per heavy atom. The fraction of sp³-hybridized carbons (Fsp3) is 0.182. The van der Waals surface area contributed by atoms with Crippen molar-refractivity contribution in [2.45, 2.75) is 13.8 Å². The quantitative estimate of drug-likeness (QED) is 0.364. The van der Waals surface area contributed by atoms with Crippen molar-refractivity contribution >= 4 is 17.3 Å². The first-order chi connectivity index (χ1) is 7.90. The Labute approximate surface area is 97.7 Å². The van der Waals surface area contributed by atoms with Crippen LogP contribution in [0.25, 0.3) is 0 Å². The zero-order chi connectivity index (χ0) is 13.0. The van der Waals surface area contributed by atoms with E-state index in [1.54, 1.807) is 13.8 Å². The lowest BCUT2D eigenvalue weighted by atomic mass is 10.2. The Balaban J connectivity index is 2.90. The summed E-state index contributed by atoms with van der Waals surface area (Å²) in [5.74, 6) is -0.733. The van der Waals surface area contributed by atoms with Crippen molar-refractivity contribution in [3.8, 4) is 5.75 Å².